The molecule has 0 radical (unpaired) electrons. The number of Topliss-reactive ketones (excluding diaryl/α,β-unsaturated/α-hetero) is 1. The Morgan fingerprint density at radius 2 is 2.18 bits per heavy atom. The molecule has 0 spiro atoms. The standard InChI is InChI=1S/C14H13IOS/c1-10-3-2-4-12(14(10)15)13(16)6-5-11-7-8-17-9-11/h2-4,7-9H,5-6H2,1H3. The molecule has 0 N–H and O–H groups in total. The van der Waals surface area contributed by atoms with Crippen molar-refractivity contribution in [3.05, 3.63) is 55.3 Å². The van der Waals surface area contributed by atoms with Crippen LogP contribution in [-0.2, 0) is 6.42 Å². The maximum Gasteiger partial charge on any atom is 0.164 e. The minimum atomic E-state index is 0.240. The first kappa shape index (κ1) is 12.8. The van der Waals surface area contributed by atoms with Crippen LogP contribution in [0.2, 0.25) is 0 Å². The van der Waals surface area contributed by atoms with Crippen molar-refractivity contribution in [3.8, 4) is 0 Å². The van der Waals surface area contributed by atoms with E-state index in [0.29, 0.717) is 6.42 Å². The molecular weight excluding hydrogens is 343 g/mol. The summed E-state index contributed by atoms with van der Waals surface area (Å²) in [5.74, 6) is 0.240. The smallest absolute Gasteiger partial charge is 0.164 e. The van der Waals surface area contributed by atoms with Crippen molar-refractivity contribution < 1.29 is 4.79 Å². The lowest BCUT2D eigenvalue weighted by molar-refractivity contribution is 0.0982. The number of aryl methyl sites for hydroxylation is 2. The van der Waals surface area contributed by atoms with E-state index < -0.39 is 0 Å². The van der Waals surface area contributed by atoms with Gasteiger partial charge in [-0.1, -0.05) is 18.2 Å². The van der Waals surface area contributed by atoms with Crippen molar-refractivity contribution in [1.29, 1.82) is 0 Å². The molecule has 1 aromatic carbocycles. The summed E-state index contributed by atoms with van der Waals surface area (Å²) in [5.41, 5.74) is 3.29. The molecule has 0 bridgehead atoms. The van der Waals surface area contributed by atoms with Crippen LogP contribution in [0.15, 0.2) is 35.0 Å². The second kappa shape index (κ2) is 5.78. The van der Waals surface area contributed by atoms with Gasteiger partial charge in [0.15, 0.2) is 5.78 Å². The molecule has 2 aromatic rings. The van der Waals surface area contributed by atoms with Crippen LogP contribution in [0.1, 0.15) is 27.9 Å². The molecule has 1 heterocycles. The molecule has 0 aliphatic rings. The molecule has 0 fully saturated rings. The molecule has 0 saturated heterocycles. The van der Waals surface area contributed by atoms with Gasteiger partial charge in [0, 0.05) is 15.6 Å². The molecule has 88 valence electrons. The number of carbonyl (C=O) groups excluding carboxylic acids is 1. The molecule has 2 rings (SSSR count). The third kappa shape index (κ3) is 3.16. The Morgan fingerprint density at radius 3 is 2.88 bits per heavy atom. The van der Waals surface area contributed by atoms with Crippen LogP contribution in [0.5, 0.6) is 0 Å². The lowest BCUT2D eigenvalue weighted by Crippen LogP contribution is -2.04. The molecule has 1 nitrogen and oxygen atoms in total. The molecule has 3 heteroatoms. The highest BCUT2D eigenvalue weighted by Gasteiger charge is 2.11. The third-order valence-electron chi connectivity index (χ3n) is 2.71. The first-order valence-corrected chi connectivity index (χ1v) is 7.50. The Labute approximate surface area is 119 Å². The Hall–Kier alpha value is -0.680. The van der Waals surface area contributed by atoms with Gasteiger partial charge in [-0.2, -0.15) is 11.3 Å². The monoisotopic (exact) mass is 356 g/mol. The molecule has 0 aliphatic heterocycles. The van der Waals surface area contributed by atoms with Crippen LogP contribution in [0.4, 0.5) is 0 Å². The van der Waals surface area contributed by atoms with Gasteiger partial charge in [-0.3, -0.25) is 4.79 Å². The fourth-order valence-electron chi connectivity index (χ4n) is 1.69. The van der Waals surface area contributed by atoms with E-state index in [4.69, 9.17) is 0 Å². The van der Waals surface area contributed by atoms with Crippen LogP contribution in [0.3, 0.4) is 0 Å². The number of rotatable bonds is 4. The number of hydrogen-bond donors (Lipinski definition) is 0. The summed E-state index contributed by atoms with van der Waals surface area (Å²) in [6, 6.07) is 8.00. The minimum absolute atomic E-state index is 0.240. The lowest BCUT2D eigenvalue weighted by atomic mass is 10.0. The first-order valence-electron chi connectivity index (χ1n) is 5.48. The maximum atomic E-state index is 12.1. The number of halogens is 1. The normalized spacial score (nSPS) is 10.5. The summed E-state index contributed by atoms with van der Waals surface area (Å²) in [7, 11) is 0. The van der Waals surface area contributed by atoms with Crippen LogP contribution in [0, 0.1) is 10.5 Å². The Morgan fingerprint density at radius 1 is 1.35 bits per heavy atom. The molecule has 1 aromatic heterocycles. The van der Waals surface area contributed by atoms with Gasteiger partial charge in [0.05, 0.1) is 0 Å². The lowest BCUT2D eigenvalue weighted by Gasteiger charge is -2.05. The summed E-state index contributed by atoms with van der Waals surface area (Å²) < 4.78 is 1.08. The number of carbonyl (C=O) groups is 1. The summed E-state index contributed by atoms with van der Waals surface area (Å²) in [6.07, 6.45) is 1.43. The van der Waals surface area contributed by atoms with Crippen molar-refractivity contribution in [2.75, 3.05) is 0 Å². The molecule has 0 amide bonds. The van der Waals surface area contributed by atoms with Gasteiger partial charge in [-0.15, -0.1) is 0 Å². The van der Waals surface area contributed by atoms with Crippen LogP contribution in [-0.4, -0.2) is 5.78 Å². The number of benzene rings is 1. The van der Waals surface area contributed by atoms with Crippen LogP contribution in [0.25, 0.3) is 0 Å². The maximum absolute atomic E-state index is 12.1. The second-order valence-corrected chi connectivity index (χ2v) is 5.85. The predicted molar refractivity (Wildman–Crippen MR) is 80.9 cm³/mol. The van der Waals surface area contributed by atoms with Gasteiger partial charge < -0.3 is 0 Å². The van der Waals surface area contributed by atoms with Crippen LogP contribution < -0.4 is 0 Å². The van der Waals surface area contributed by atoms with Gasteiger partial charge in [-0.25, -0.2) is 0 Å². The zero-order valence-corrected chi connectivity index (χ0v) is 12.5. The number of hydrogen-bond acceptors (Lipinski definition) is 2. The van der Waals surface area contributed by atoms with E-state index in [1.807, 2.05) is 25.1 Å². The number of thiophene rings is 1. The average molecular weight is 356 g/mol. The van der Waals surface area contributed by atoms with Crippen molar-refractivity contribution in [3.63, 3.8) is 0 Å². The zero-order chi connectivity index (χ0) is 12.3. The van der Waals surface area contributed by atoms with E-state index in [9.17, 15) is 4.79 Å². The Balaban J connectivity index is 2.07. The summed E-state index contributed by atoms with van der Waals surface area (Å²) in [6.45, 7) is 2.04. The quantitative estimate of drug-likeness (QED) is 0.583. The van der Waals surface area contributed by atoms with Crippen molar-refractivity contribution in [1.82, 2.24) is 0 Å². The highest BCUT2D eigenvalue weighted by atomic mass is 127. The van der Waals surface area contributed by atoms with Gasteiger partial charge in [0.25, 0.3) is 0 Å². The summed E-state index contributed by atoms with van der Waals surface area (Å²) in [4.78, 5) is 12.1. The first-order chi connectivity index (χ1) is 8.18. The molecule has 0 unspecified atom stereocenters. The van der Waals surface area contributed by atoms with Crippen molar-refractivity contribution in [2.45, 2.75) is 19.8 Å². The predicted octanol–water partition coefficient (Wildman–Crippen LogP) is 4.48. The summed E-state index contributed by atoms with van der Waals surface area (Å²) >= 11 is 3.93. The van der Waals surface area contributed by atoms with E-state index in [-0.39, 0.29) is 5.78 Å². The average Bonchev–Trinajstić information content (AvgIpc) is 2.82. The SMILES string of the molecule is Cc1cccc(C(=O)CCc2ccsc2)c1I. The molecule has 0 saturated carbocycles. The Bertz CT molecular complexity index is 517. The second-order valence-electron chi connectivity index (χ2n) is 3.99. The van der Waals surface area contributed by atoms with Gasteiger partial charge >= 0.3 is 0 Å². The van der Waals surface area contributed by atoms with E-state index in [0.717, 1.165) is 15.6 Å². The van der Waals surface area contributed by atoms with Gasteiger partial charge in [0.1, 0.15) is 0 Å². The molecule has 0 atom stereocenters. The van der Waals surface area contributed by atoms with Gasteiger partial charge in [-0.05, 0) is 63.9 Å². The molecular formula is C14H13IOS. The van der Waals surface area contributed by atoms with Gasteiger partial charge in [0.2, 0.25) is 0 Å². The van der Waals surface area contributed by atoms with E-state index in [1.54, 1.807) is 11.3 Å². The third-order valence-corrected chi connectivity index (χ3v) is 4.88. The topological polar surface area (TPSA) is 17.1 Å². The highest BCUT2D eigenvalue weighted by Crippen LogP contribution is 2.19. The fourth-order valence-corrected chi connectivity index (χ4v) is 3.05. The fraction of sp³-hybridized carbons (Fsp3) is 0.214. The largest absolute Gasteiger partial charge is 0.294 e. The minimum Gasteiger partial charge on any atom is -0.294 e. The molecule has 17 heavy (non-hydrogen) atoms. The van der Waals surface area contributed by atoms with E-state index in [2.05, 4.69) is 39.4 Å². The zero-order valence-electron chi connectivity index (χ0n) is 9.57. The highest BCUT2D eigenvalue weighted by molar-refractivity contribution is 14.1. The molecule has 0 aliphatic carbocycles. The van der Waals surface area contributed by atoms with Crippen LogP contribution >= 0.6 is 33.9 Å². The summed E-state index contributed by atoms with van der Waals surface area (Å²) in [5, 5.41) is 4.16. The van der Waals surface area contributed by atoms with E-state index in [1.165, 1.54) is 11.1 Å². The van der Waals surface area contributed by atoms with Crippen molar-refractivity contribution in [2.24, 2.45) is 0 Å². The Kier molecular flexibility index (Phi) is 4.34. The van der Waals surface area contributed by atoms with E-state index >= 15 is 0 Å². The number of ketones is 1. The van der Waals surface area contributed by atoms with Crippen molar-refractivity contribution >= 4 is 39.7 Å².